The maximum absolute atomic E-state index is 12.9. The number of hydrogen-bond donors (Lipinski definition) is 0. The fraction of sp³-hybridized carbons (Fsp3) is 0.500. The van der Waals surface area contributed by atoms with Crippen molar-refractivity contribution in [3.8, 4) is 5.75 Å². The summed E-state index contributed by atoms with van der Waals surface area (Å²) < 4.78 is 5.51. The van der Waals surface area contributed by atoms with E-state index < -0.39 is 0 Å². The number of nitrogens with zero attached hydrogens (tertiary/aromatic N) is 3. The van der Waals surface area contributed by atoms with Gasteiger partial charge < -0.3 is 14.5 Å². The molecule has 1 atom stereocenters. The molecule has 0 aromatic carbocycles. The molecule has 24 heavy (non-hydrogen) atoms. The van der Waals surface area contributed by atoms with Crippen LogP contribution in [0, 0.1) is 5.92 Å². The third-order valence-corrected chi connectivity index (χ3v) is 4.25. The molecular weight excluding hydrogens is 306 g/mol. The molecule has 2 heterocycles. The van der Waals surface area contributed by atoms with Gasteiger partial charge in [0.2, 0.25) is 5.91 Å². The molecule has 1 fully saturated rings. The Morgan fingerprint density at radius 1 is 1.46 bits per heavy atom. The average Bonchev–Trinajstić information content (AvgIpc) is 2.60. The zero-order valence-electron chi connectivity index (χ0n) is 14.6. The topological polar surface area (TPSA) is 62.7 Å². The first kappa shape index (κ1) is 18.0. The fourth-order valence-corrected chi connectivity index (χ4v) is 2.95. The summed E-state index contributed by atoms with van der Waals surface area (Å²) in [6.07, 6.45) is 4.49. The molecule has 0 saturated carbocycles. The van der Waals surface area contributed by atoms with Crippen LogP contribution < -0.4 is 4.74 Å². The second kappa shape index (κ2) is 7.95. The van der Waals surface area contributed by atoms with E-state index in [4.69, 9.17) is 4.74 Å². The smallest absolute Gasteiger partial charge is 0.257 e. The van der Waals surface area contributed by atoms with E-state index in [1.165, 1.54) is 6.08 Å². The van der Waals surface area contributed by atoms with Crippen molar-refractivity contribution >= 4 is 11.8 Å². The van der Waals surface area contributed by atoms with Gasteiger partial charge in [0, 0.05) is 25.8 Å². The van der Waals surface area contributed by atoms with Crippen LogP contribution in [-0.4, -0.2) is 58.9 Å². The van der Waals surface area contributed by atoms with Crippen LogP contribution in [-0.2, 0) is 4.79 Å². The summed E-state index contributed by atoms with van der Waals surface area (Å²) in [7, 11) is 0. The minimum atomic E-state index is -0.0859. The monoisotopic (exact) mass is 331 g/mol. The first-order valence-corrected chi connectivity index (χ1v) is 8.28. The summed E-state index contributed by atoms with van der Waals surface area (Å²) in [5.74, 6) is 0.570. The van der Waals surface area contributed by atoms with Crippen LogP contribution in [0.25, 0.3) is 0 Å². The lowest BCUT2D eigenvalue weighted by Crippen LogP contribution is -2.58. The second-order valence-corrected chi connectivity index (χ2v) is 6.10. The first-order chi connectivity index (χ1) is 11.5. The molecule has 130 valence electrons. The zero-order valence-corrected chi connectivity index (χ0v) is 14.6. The number of aromatic nitrogens is 1. The van der Waals surface area contributed by atoms with Crippen molar-refractivity contribution in [3.05, 3.63) is 36.7 Å². The molecular formula is C18H25N3O3. The molecule has 0 spiro atoms. The summed E-state index contributed by atoms with van der Waals surface area (Å²) in [4.78, 5) is 32.6. The highest BCUT2D eigenvalue weighted by atomic mass is 16.5. The van der Waals surface area contributed by atoms with Gasteiger partial charge >= 0.3 is 0 Å². The van der Waals surface area contributed by atoms with Gasteiger partial charge in [0.15, 0.2) is 0 Å². The number of carbonyl (C=O) groups is 2. The van der Waals surface area contributed by atoms with Crippen molar-refractivity contribution in [2.24, 2.45) is 5.92 Å². The Kier molecular flexibility index (Phi) is 5.95. The highest BCUT2D eigenvalue weighted by Gasteiger charge is 2.34. The van der Waals surface area contributed by atoms with Crippen LogP contribution in [0.3, 0.4) is 0 Å². The molecule has 2 rings (SSSR count). The van der Waals surface area contributed by atoms with Crippen molar-refractivity contribution < 1.29 is 14.3 Å². The van der Waals surface area contributed by atoms with Crippen LogP contribution in [0.5, 0.6) is 5.75 Å². The van der Waals surface area contributed by atoms with Gasteiger partial charge in [0.25, 0.3) is 5.91 Å². The van der Waals surface area contributed by atoms with E-state index in [0.717, 1.165) is 0 Å². The lowest BCUT2D eigenvalue weighted by Gasteiger charge is -2.43. The summed E-state index contributed by atoms with van der Waals surface area (Å²) in [5, 5.41) is 0. The number of pyridine rings is 1. The maximum Gasteiger partial charge on any atom is 0.257 e. The normalized spacial score (nSPS) is 17.8. The molecule has 6 nitrogen and oxygen atoms in total. The lowest BCUT2D eigenvalue weighted by molar-refractivity contribution is -0.131. The molecule has 0 radical (unpaired) electrons. The fourth-order valence-electron chi connectivity index (χ4n) is 2.95. The Labute approximate surface area is 143 Å². The molecule has 1 saturated heterocycles. The summed E-state index contributed by atoms with van der Waals surface area (Å²) in [5.41, 5.74) is 0.512. The molecule has 0 bridgehead atoms. The number of ether oxygens (including phenoxy) is 1. The minimum absolute atomic E-state index is 0.0226. The van der Waals surface area contributed by atoms with Gasteiger partial charge in [0.05, 0.1) is 24.4 Å². The lowest BCUT2D eigenvalue weighted by atomic mass is 9.98. The summed E-state index contributed by atoms with van der Waals surface area (Å²) in [6.45, 7) is 11.5. The second-order valence-electron chi connectivity index (χ2n) is 6.10. The minimum Gasteiger partial charge on any atom is -0.491 e. The van der Waals surface area contributed by atoms with Crippen LogP contribution in [0.4, 0.5) is 0 Å². The van der Waals surface area contributed by atoms with Gasteiger partial charge in [0.1, 0.15) is 5.75 Å². The largest absolute Gasteiger partial charge is 0.491 e. The van der Waals surface area contributed by atoms with Crippen LogP contribution >= 0.6 is 0 Å². The number of hydrogen-bond acceptors (Lipinski definition) is 4. The standard InChI is InChI=1S/C18H25N3O3/c1-5-17(22)21-10-9-20(12-15(21)13(3)4)18(23)14-7-8-19-11-16(14)24-6-2/h5,7-8,11,13,15H,1,6,9-10,12H2,2-4H3/t15-/m1/s1. The van der Waals surface area contributed by atoms with Crippen molar-refractivity contribution in [1.29, 1.82) is 0 Å². The van der Waals surface area contributed by atoms with Gasteiger partial charge in [-0.3, -0.25) is 14.6 Å². The molecule has 0 aliphatic carbocycles. The summed E-state index contributed by atoms with van der Waals surface area (Å²) >= 11 is 0. The van der Waals surface area contributed by atoms with Crippen molar-refractivity contribution in [1.82, 2.24) is 14.8 Å². The van der Waals surface area contributed by atoms with Crippen molar-refractivity contribution in [2.45, 2.75) is 26.8 Å². The SMILES string of the molecule is C=CC(=O)N1CCN(C(=O)c2ccncc2OCC)C[C@@H]1C(C)C. The molecule has 1 aromatic rings. The number of piperazine rings is 1. The maximum atomic E-state index is 12.9. The first-order valence-electron chi connectivity index (χ1n) is 8.28. The van der Waals surface area contributed by atoms with E-state index in [0.29, 0.717) is 37.6 Å². The van der Waals surface area contributed by atoms with E-state index in [9.17, 15) is 9.59 Å². The summed E-state index contributed by atoms with van der Waals surface area (Å²) in [6, 6.07) is 1.66. The highest BCUT2D eigenvalue weighted by molar-refractivity contribution is 5.97. The molecule has 0 N–H and O–H groups in total. The van der Waals surface area contributed by atoms with Gasteiger partial charge in [-0.15, -0.1) is 0 Å². The van der Waals surface area contributed by atoms with E-state index in [-0.39, 0.29) is 23.8 Å². The number of carbonyl (C=O) groups excluding carboxylic acids is 2. The molecule has 1 aromatic heterocycles. The van der Waals surface area contributed by atoms with E-state index in [2.05, 4.69) is 25.4 Å². The predicted octanol–water partition coefficient (Wildman–Crippen LogP) is 1.98. The average molecular weight is 331 g/mol. The Bertz CT molecular complexity index is 615. The van der Waals surface area contributed by atoms with Crippen molar-refractivity contribution in [2.75, 3.05) is 26.2 Å². The Morgan fingerprint density at radius 3 is 2.83 bits per heavy atom. The third kappa shape index (κ3) is 3.75. The third-order valence-electron chi connectivity index (χ3n) is 4.25. The Hall–Kier alpha value is -2.37. The van der Waals surface area contributed by atoms with Gasteiger partial charge in [-0.1, -0.05) is 20.4 Å². The van der Waals surface area contributed by atoms with Crippen molar-refractivity contribution in [3.63, 3.8) is 0 Å². The van der Waals surface area contributed by atoms with Crippen LogP contribution in [0.15, 0.2) is 31.1 Å². The van der Waals surface area contributed by atoms with E-state index >= 15 is 0 Å². The van der Waals surface area contributed by atoms with Crippen LogP contribution in [0.1, 0.15) is 31.1 Å². The van der Waals surface area contributed by atoms with E-state index in [1.807, 2.05) is 6.92 Å². The van der Waals surface area contributed by atoms with Gasteiger partial charge in [-0.25, -0.2) is 0 Å². The van der Waals surface area contributed by atoms with Gasteiger partial charge in [-0.2, -0.15) is 0 Å². The molecule has 1 aliphatic heterocycles. The molecule has 2 amide bonds. The van der Waals surface area contributed by atoms with Crippen LogP contribution in [0.2, 0.25) is 0 Å². The number of amides is 2. The predicted molar refractivity (Wildman–Crippen MR) is 91.8 cm³/mol. The van der Waals surface area contributed by atoms with Gasteiger partial charge in [-0.05, 0) is 25.0 Å². The molecule has 6 heteroatoms. The quantitative estimate of drug-likeness (QED) is 0.774. The zero-order chi connectivity index (χ0) is 17.7. The number of rotatable bonds is 5. The highest BCUT2D eigenvalue weighted by Crippen LogP contribution is 2.23. The Morgan fingerprint density at radius 2 is 2.21 bits per heavy atom. The van der Waals surface area contributed by atoms with E-state index in [1.54, 1.807) is 28.3 Å². The molecule has 1 aliphatic rings. The molecule has 0 unspecified atom stereocenters. The Balaban J connectivity index is 2.20.